The normalized spacial score (nSPS) is 10.2. The van der Waals surface area contributed by atoms with Gasteiger partial charge in [0.05, 0.1) is 11.6 Å². The summed E-state index contributed by atoms with van der Waals surface area (Å²) in [7, 11) is 0. The SMILES string of the molecule is O=C(O)c1cnc(CCOc2ccccc2Cl)[nH]c1=O. The number of halogens is 1. The number of carbonyl (C=O) groups is 1. The summed E-state index contributed by atoms with van der Waals surface area (Å²) in [6.07, 6.45) is 1.37. The van der Waals surface area contributed by atoms with Gasteiger partial charge in [-0.1, -0.05) is 23.7 Å². The third-order valence-electron chi connectivity index (χ3n) is 2.52. The number of rotatable bonds is 5. The molecule has 0 amide bonds. The maximum atomic E-state index is 11.4. The number of ether oxygens (including phenoxy) is 1. The van der Waals surface area contributed by atoms with Crippen molar-refractivity contribution < 1.29 is 14.6 Å². The van der Waals surface area contributed by atoms with Crippen LogP contribution in [0.15, 0.2) is 35.3 Å². The number of aromatic nitrogens is 2. The minimum absolute atomic E-state index is 0.263. The van der Waals surface area contributed by atoms with Crippen LogP contribution in [0.5, 0.6) is 5.75 Å². The van der Waals surface area contributed by atoms with E-state index >= 15 is 0 Å². The van der Waals surface area contributed by atoms with Gasteiger partial charge in [-0.15, -0.1) is 0 Å². The molecule has 0 unspecified atom stereocenters. The minimum Gasteiger partial charge on any atom is -0.492 e. The lowest BCUT2D eigenvalue weighted by Gasteiger charge is -2.07. The lowest BCUT2D eigenvalue weighted by Crippen LogP contribution is -2.21. The quantitative estimate of drug-likeness (QED) is 0.876. The van der Waals surface area contributed by atoms with Gasteiger partial charge in [0.25, 0.3) is 5.56 Å². The average Bonchev–Trinajstić information content (AvgIpc) is 2.40. The zero-order valence-corrected chi connectivity index (χ0v) is 11.1. The second-order valence-electron chi connectivity index (χ2n) is 3.91. The third kappa shape index (κ3) is 3.36. The zero-order valence-electron chi connectivity index (χ0n) is 10.3. The molecule has 0 bridgehead atoms. The molecule has 0 saturated heterocycles. The minimum atomic E-state index is -1.31. The number of para-hydroxylation sites is 1. The van der Waals surface area contributed by atoms with Crippen LogP contribution in [-0.2, 0) is 6.42 Å². The first-order valence-corrected chi connectivity index (χ1v) is 6.14. The Kier molecular flexibility index (Phi) is 4.37. The van der Waals surface area contributed by atoms with E-state index in [1.807, 2.05) is 0 Å². The molecule has 0 aliphatic rings. The van der Waals surface area contributed by atoms with Gasteiger partial charge in [0.1, 0.15) is 17.1 Å². The Labute approximate surface area is 119 Å². The van der Waals surface area contributed by atoms with Gasteiger partial charge in [-0.25, -0.2) is 9.78 Å². The predicted molar refractivity (Wildman–Crippen MR) is 72.5 cm³/mol. The fourth-order valence-electron chi connectivity index (χ4n) is 1.53. The molecule has 104 valence electrons. The van der Waals surface area contributed by atoms with Crippen molar-refractivity contribution in [2.75, 3.05) is 6.61 Å². The van der Waals surface area contributed by atoms with Gasteiger partial charge in [-0.3, -0.25) is 4.79 Å². The molecule has 2 aromatic rings. The molecule has 20 heavy (non-hydrogen) atoms. The van der Waals surface area contributed by atoms with Gasteiger partial charge in [0.15, 0.2) is 0 Å². The van der Waals surface area contributed by atoms with E-state index in [2.05, 4.69) is 9.97 Å². The number of aromatic amines is 1. The smallest absolute Gasteiger partial charge is 0.342 e. The summed E-state index contributed by atoms with van der Waals surface area (Å²) in [6, 6.07) is 7.02. The highest BCUT2D eigenvalue weighted by Crippen LogP contribution is 2.22. The van der Waals surface area contributed by atoms with Crippen LogP contribution >= 0.6 is 11.6 Å². The predicted octanol–water partition coefficient (Wildman–Crippen LogP) is 1.74. The number of carboxylic acid groups (broad SMARTS) is 1. The lowest BCUT2D eigenvalue weighted by molar-refractivity contribution is 0.0694. The molecule has 0 aliphatic carbocycles. The molecule has 1 aromatic carbocycles. The van der Waals surface area contributed by atoms with Crippen LogP contribution < -0.4 is 10.3 Å². The van der Waals surface area contributed by atoms with Crippen LogP contribution in [-0.4, -0.2) is 27.7 Å². The molecular weight excluding hydrogens is 284 g/mol. The van der Waals surface area contributed by atoms with Gasteiger partial charge in [0, 0.05) is 12.6 Å². The van der Waals surface area contributed by atoms with E-state index in [4.69, 9.17) is 21.4 Å². The second kappa shape index (κ2) is 6.21. The summed E-state index contributed by atoms with van der Waals surface area (Å²) in [5.41, 5.74) is -1.07. The summed E-state index contributed by atoms with van der Waals surface area (Å²) < 4.78 is 5.45. The Hall–Kier alpha value is -2.34. The fourth-order valence-corrected chi connectivity index (χ4v) is 1.72. The molecule has 0 fully saturated rings. The van der Waals surface area contributed by atoms with Crippen LogP contribution in [0, 0.1) is 0 Å². The molecule has 1 aromatic heterocycles. The molecule has 2 rings (SSSR count). The van der Waals surface area contributed by atoms with E-state index < -0.39 is 11.5 Å². The molecule has 1 heterocycles. The largest absolute Gasteiger partial charge is 0.492 e. The van der Waals surface area contributed by atoms with Crippen LogP contribution in [0.1, 0.15) is 16.2 Å². The maximum absolute atomic E-state index is 11.4. The molecule has 2 N–H and O–H groups in total. The molecule has 0 radical (unpaired) electrons. The first-order valence-electron chi connectivity index (χ1n) is 5.77. The standard InChI is InChI=1S/C13H11ClN2O4/c14-9-3-1-2-4-10(9)20-6-5-11-15-7-8(13(18)19)12(17)16-11/h1-4,7H,5-6H2,(H,18,19)(H,15,16,17). The first-order chi connectivity index (χ1) is 9.58. The number of benzene rings is 1. The average molecular weight is 295 g/mol. The van der Waals surface area contributed by atoms with E-state index in [-0.39, 0.29) is 12.2 Å². The van der Waals surface area contributed by atoms with Crippen molar-refractivity contribution in [3.05, 3.63) is 57.2 Å². The number of nitrogens with one attached hydrogen (secondary N) is 1. The molecule has 0 spiro atoms. The zero-order chi connectivity index (χ0) is 14.5. The van der Waals surface area contributed by atoms with Crippen LogP contribution in [0.25, 0.3) is 0 Å². The fraction of sp³-hybridized carbons (Fsp3) is 0.154. The monoisotopic (exact) mass is 294 g/mol. The van der Waals surface area contributed by atoms with E-state index in [9.17, 15) is 9.59 Å². The van der Waals surface area contributed by atoms with Crippen molar-refractivity contribution in [3.8, 4) is 5.75 Å². The van der Waals surface area contributed by atoms with Crippen LogP contribution in [0.3, 0.4) is 0 Å². The Morgan fingerprint density at radius 1 is 1.40 bits per heavy atom. The maximum Gasteiger partial charge on any atom is 0.342 e. The van der Waals surface area contributed by atoms with Crippen molar-refractivity contribution in [1.29, 1.82) is 0 Å². The topological polar surface area (TPSA) is 92.3 Å². The highest BCUT2D eigenvalue weighted by Gasteiger charge is 2.09. The molecular formula is C13H11ClN2O4. The number of carboxylic acids is 1. The second-order valence-corrected chi connectivity index (χ2v) is 4.31. The summed E-state index contributed by atoms with van der Waals surface area (Å²) in [4.78, 5) is 28.4. The van der Waals surface area contributed by atoms with Gasteiger partial charge in [0.2, 0.25) is 0 Å². The van der Waals surface area contributed by atoms with E-state index in [1.165, 1.54) is 0 Å². The van der Waals surface area contributed by atoms with Crippen molar-refractivity contribution in [2.24, 2.45) is 0 Å². The van der Waals surface area contributed by atoms with Gasteiger partial charge < -0.3 is 14.8 Å². The van der Waals surface area contributed by atoms with Crippen molar-refractivity contribution in [3.63, 3.8) is 0 Å². The number of hydrogen-bond acceptors (Lipinski definition) is 4. The summed E-state index contributed by atoms with van der Waals surface area (Å²) in [6.45, 7) is 0.263. The van der Waals surface area contributed by atoms with Crippen molar-refractivity contribution >= 4 is 17.6 Å². The lowest BCUT2D eigenvalue weighted by atomic mass is 10.3. The van der Waals surface area contributed by atoms with Crippen LogP contribution in [0.4, 0.5) is 0 Å². The van der Waals surface area contributed by atoms with Crippen molar-refractivity contribution in [2.45, 2.75) is 6.42 Å². The summed E-state index contributed by atoms with van der Waals surface area (Å²) >= 11 is 5.92. The van der Waals surface area contributed by atoms with Crippen LogP contribution in [0.2, 0.25) is 5.02 Å². The Bertz CT molecular complexity index is 684. The summed E-state index contributed by atoms with van der Waals surface area (Å²) in [5, 5.41) is 9.21. The third-order valence-corrected chi connectivity index (χ3v) is 2.83. The number of H-pyrrole nitrogens is 1. The molecule has 6 nitrogen and oxygen atoms in total. The Morgan fingerprint density at radius 2 is 2.15 bits per heavy atom. The highest BCUT2D eigenvalue weighted by molar-refractivity contribution is 6.32. The van der Waals surface area contributed by atoms with E-state index in [0.29, 0.717) is 23.0 Å². The van der Waals surface area contributed by atoms with Crippen molar-refractivity contribution in [1.82, 2.24) is 9.97 Å². The summed E-state index contributed by atoms with van der Waals surface area (Å²) in [5.74, 6) is -0.414. The molecule has 0 atom stereocenters. The van der Waals surface area contributed by atoms with Gasteiger partial charge in [-0.05, 0) is 12.1 Å². The Morgan fingerprint density at radius 3 is 2.80 bits per heavy atom. The Balaban J connectivity index is 1.98. The molecule has 0 aliphatic heterocycles. The molecule has 7 heteroatoms. The highest BCUT2D eigenvalue weighted by atomic mass is 35.5. The van der Waals surface area contributed by atoms with E-state index in [1.54, 1.807) is 24.3 Å². The molecule has 0 saturated carbocycles. The first kappa shape index (κ1) is 14.1. The van der Waals surface area contributed by atoms with E-state index in [0.717, 1.165) is 6.20 Å². The number of hydrogen-bond donors (Lipinski definition) is 2. The number of nitrogens with zero attached hydrogens (tertiary/aromatic N) is 1. The number of aromatic carboxylic acids is 1. The van der Waals surface area contributed by atoms with Gasteiger partial charge in [-0.2, -0.15) is 0 Å². The van der Waals surface area contributed by atoms with Gasteiger partial charge >= 0.3 is 5.97 Å².